The summed E-state index contributed by atoms with van der Waals surface area (Å²) in [5, 5.41) is 6.32. The van der Waals surface area contributed by atoms with Crippen LogP contribution in [0.1, 0.15) is 27.9 Å². The molecule has 1 aliphatic rings. The number of anilines is 1. The largest absolute Gasteiger partial charge is 0.350 e. The zero-order valence-electron chi connectivity index (χ0n) is 18.7. The van der Waals surface area contributed by atoms with Gasteiger partial charge in [0.2, 0.25) is 0 Å². The summed E-state index contributed by atoms with van der Waals surface area (Å²) < 4.78 is 26.8. The lowest BCUT2D eigenvalue weighted by Gasteiger charge is -2.31. The van der Waals surface area contributed by atoms with Gasteiger partial charge in [0, 0.05) is 30.7 Å². The molecule has 5 rings (SSSR count). The number of rotatable bonds is 4. The number of nitrogens with two attached hydrogens (primary N) is 1. The van der Waals surface area contributed by atoms with Crippen LogP contribution in [0.5, 0.6) is 0 Å². The van der Waals surface area contributed by atoms with Crippen LogP contribution in [0.15, 0.2) is 65.7 Å². The number of pyridine rings is 1. The summed E-state index contributed by atoms with van der Waals surface area (Å²) in [6, 6.07) is 20.3. The van der Waals surface area contributed by atoms with Crippen LogP contribution in [0.4, 0.5) is 5.82 Å². The molecule has 0 fully saturated rings. The Morgan fingerprint density at radius 2 is 1.67 bits per heavy atom. The van der Waals surface area contributed by atoms with Gasteiger partial charge in [-0.15, -0.1) is 12.4 Å². The van der Waals surface area contributed by atoms with E-state index >= 15 is 0 Å². The smallest absolute Gasteiger partial charge is 0.255 e. The fourth-order valence-electron chi connectivity index (χ4n) is 4.63. The average molecular weight is 483 g/mol. The SMILES string of the molecule is Cc1c(C)n(Cc2ccccc2)c2c(N3CCc4ccccc4C3)nc(S(N)(=O)=O)cc12.Cl. The van der Waals surface area contributed by atoms with Gasteiger partial charge in [-0.2, -0.15) is 0 Å². The molecule has 0 amide bonds. The minimum Gasteiger partial charge on any atom is -0.350 e. The van der Waals surface area contributed by atoms with E-state index in [4.69, 9.17) is 5.14 Å². The number of primary sulfonamides is 1. The van der Waals surface area contributed by atoms with Gasteiger partial charge in [0.15, 0.2) is 10.8 Å². The first-order chi connectivity index (χ1) is 15.3. The predicted octanol–water partition coefficient (Wildman–Crippen LogP) is 4.33. The van der Waals surface area contributed by atoms with Crippen molar-refractivity contribution in [3.8, 4) is 0 Å². The van der Waals surface area contributed by atoms with Crippen molar-refractivity contribution >= 4 is 39.2 Å². The first kappa shape index (κ1) is 23.3. The summed E-state index contributed by atoms with van der Waals surface area (Å²) in [6.07, 6.45) is 0.885. The third kappa shape index (κ3) is 4.24. The first-order valence-electron chi connectivity index (χ1n) is 10.7. The van der Waals surface area contributed by atoms with E-state index in [1.807, 2.05) is 31.2 Å². The number of fused-ring (bicyclic) bond motifs is 2. The van der Waals surface area contributed by atoms with Gasteiger partial charge in [-0.25, -0.2) is 18.5 Å². The Morgan fingerprint density at radius 3 is 2.36 bits per heavy atom. The van der Waals surface area contributed by atoms with Crippen LogP contribution in [0.2, 0.25) is 0 Å². The predicted molar refractivity (Wildman–Crippen MR) is 135 cm³/mol. The van der Waals surface area contributed by atoms with Crippen molar-refractivity contribution in [2.45, 2.75) is 38.4 Å². The minimum absolute atomic E-state index is 0. The second kappa shape index (κ2) is 8.82. The molecule has 1 aliphatic heterocycles. The van der Waals surface area contributed by atoms with E-state index in [2.05, 4.69) is 51.7 Å². The summed E-state index contributed by atoms with van der Waals surface area (Å²) in [5.74, 6) is 0.674. The molecule has 3 heterocycles. The van der Waals surface area contributed by atoms with E-state index in [1.165, 1.54) is 16.7 Å². The molecule has 33 heavy (non-hydrogen) atoms. The van der Waals surface area contributed by atoms with E-state index in [0.717, 1.165) is 35.1 Å². The Hall–Kier alpha value is -2.87. The van der Waals surface area contributed by atoms with Crippen LogP contribution in [-0.4, -0.2) is 24.5 Å². The molecule has 0 aliphatic carbocycles. The number of halogens is 1. The van der Waals surface area contributed by atoms with Crippen LogP contribution in [0.25, 0.3) is 10.9 Å². The molecule has 0 unspecified atom stereocenters. The molecule has 172 valence electrons. The summed E-state index contributed by atoms with van der Waals surface area (Å²) in [7, 11) is -3.94. The highest BCUT2D eigenvalue weighted by Gasteiger charge is 2.26. The molecule has 4 aromatic rings. The monoisotopic (exact) mass is 482 g/mol. The van der Waals surface area contributed by atoms with E-state index in [9.17, 15) is 8.42 Å². The normalized spacial score (nSPS) is 13.6. The third-order valence-corrected chi connectivity index (χ3v) is 7.27. The first-order valence-corrected chi connectivity index (χ1v) is 12.3. The highest BCUT2D eigenvalue weighted by molar-refractivity contribution is 7.89. The zero-order chi connectivity index (χ0) is 22.5. The van der Waals surface area contributed by atoms with Gasteiger partial charge in [0.25, 0.3) is 10.0 Å². The maximum atomic E-state index is 12.3. The molecule has 0 saturated carbocycles. The fourth-order valence-corrected chi connectivity index (χ4v) is 5.12. The number of sulfonamides is 1. The number of aryl methyl sites for hydroxylation is 1. The second-order valence-corrected chi connectivity index (χ2v) is 9.96. The lowest BCUT2D eigenvalue weighted by molar-refractivity contribution is 0.593. The Balaban J connectivity index is 0.00000259. The number of aromatic nitrogens is 2. The van der Waals surface area contributed by atoms with Crippen LogP contribution in [0.3, 0.4) is 0 Å². The van der Waals surface area contributed by atoms with Gasteiger partial charge in [0.05, 0.1) is 5.52 Å². The standard InChI is InChI=1S/C25H26N4O2S.ClH/c1-17-18(2)29(15-19-8-4-3-5-9-19)24-22(17)14-23(32(26,30)31)27-25(24)28-13-12-20-10-6-7-11-21(20)16-28;/h3-11,14H,12-13,15-16H2,1-2H3,(H2,26,30,31);1H. The number of hydrogen-bond donors (Lipinski definition) is 1. The maximum absolute atomic E-state index is 12.3. The van der Waals surface area contributed by atoms with Crippen molar-refractivity contribution < 1.29 is 8.42 Å². The highest BCUT2D eigenvalue weighted by atomic mass is 35.5. The molecule has 2 aromatic heterocycles. The Morgan fingerprint density at radius 1 is 1.00 bits per heavy atom. The quantitative estimate of drug-likeness (QED) is 0.469. The molecular weight excluding hydrogens is 456 g/mol. The Labute approximate surface area is 200 Å². The van der Waals surface area contributed by atoms with Crippen LogP contribution < -0.4 is 10.0 Å². The van der Waals surface area contributed by atoms with E-state index in [0.29, 0.717) is 18.9 Å². The van der Waals surface area contributed by atoms with Crippen LogP contribution >= 0.6 is 12.4 Å². The van der Waals surface area contributed by atoms with E-state index < -0.39 is 10.0 Å². The zero-order valence-corrected chi connectivity index (χ0v) is 20.3. The molecular formula is C25H27ClN4O2S. The van der Waals surface area contributed by atoms with Crippen LogP contribution in [-0.2, 0) is 29.5 Å². The average Bonchev–Trinajstić information content (AvgIpc) is 3.03. The van der Waals surface area contributed by atoms with Crippen LogP contribution in [0, 0.1) is 13.8 Å². The number of benzene rings is 2. The highest BCUT2D eigenvalue weighted by Crippen LogP contribution is 2.36. The van der Waals surface area contributed by atoms with Gasteiger partial charge in [-0.05, 0) is 48.6 Å². The van der Waals surface area contributed by atoms with Crippen molar-refractivity contribution in [2.75, 3.05) is 11.4 Å². The topological polar surface area (TPSA) is 81.2 Å². The van der Waals surface area contributed by atoms with Crippen molar-refractivity contribution in [1.82, 2.24) is 9.55 Å². The lowest BCUT2D eigenvalue weighted by Crippen LogP contribution is -2.32. The second-order valence-electron chi connectivity index (χ2n) is 8.45. The fraction of sp³-hybridized carbons (Fsp3) is 0.240. The Bertz CT molecular complexity index is 1430. The summed E-state index contributed by atoms with van der Waals surface area (Å²) in [6.45, 7) is 6.24. The number of hydrogen-bond acceptors (Lipinski definition) is 4. The van der Waals surface area contributed by atoms with Gasteiger partial charge >= 0.3 is 0 Å². The number of nitrogens with zero attached hydrogens (tertiary/aromatic N) is 3. The van der Waals surface area contributed by atoms with Crippen molar-refractivity contribution in [3.05, 3.63) is 88.6 Å². The minimum atomic E-state index is -3.94. The Kier molecular flexibility index (Phi) is 6.22. The van der Waals surface area contributed by atoms with Gasteiger partial charge in [0.1, 0.15) is 0 Å². The van der Waals surface area contributed by atoms with E-state index in [1.54, 1.807) is 6.07 Å². The molecule has 0 spiro atoms. The summed E-state index contributed by atoms with van der Waals surface area (Å²) in [5.41, 5.74) is 6.84. The van der Waals surface area contributed by atoms with Crippen molar-refractivity contribution in [3.63, 3.8) is 0 Å². The van der Waals surface area contributed by atoms with Gasteiger partial charge in [-0.3, -0.25) is 0 Å². The molecule has 0 bridgehead atoms. The third-order valence-electron chi connectivity index (χ3n) is 6.48. The molecule has 8 heteroatoms. The molecule has 2 aromatic carbocycles. The van der Waals surface area contributed by atoms with Gasteiger partial charge < -0.3 is 9.47 Å². The summed E-state index contributed by atoms with van der Waals surface area (Å²) in [4.78, 5) is 6.80. The molecule has 2 N–H and O–H groups in total. The van der Waals surface area contributed by atoms with Crippen molar-refractivity contribution in [2.24, 2.45) is 5.14 Å². The van der Waals surface area contributed by atoms with Crippen molar-refractivity contribution in [1.29, 1.82) is 0 Å². The molecule has 0 saturated heterocycles. The maximum Gasteiger partial charge on any atom is 0.255 e. The lowest BCUT2D eigenvalue weighted by atomic mass is 10.00. The molecule has 0 radical (unpaired) electrons. The summed E-state index contributed by atoms with van der Waals surface area (Å²) >= 11 is 0. The molecule has 0 atom stereocenters. The van der Waals surface area contributed by atoms with E-state index in [-0.39, 0.29) is 17.4 Å². The molecule has 6 nitrogen and oxygen atoms in total. The van der Waals surface area contributed by atoms with Gasteiger partial charge in [-0.1, -0.05) is 54.6 Å².